The highest BCUT2D eigenvalue weighted by Gasteiger charge is 2.09. The van der Waals surface area contributed by atoms with Crippen LogP contribution >= 0.6 is 0 Å². The molecule has 0 atom stereocenters. The molecule has 2 rings (SSSR count). The Morgan fingerprint density at radius 3 is 2.23 bits per heavy atom. The highest BCUT2D eigenvalue weighted by molar-refractivity contribution is 5.96. The summed E-state index contributed by atoms with van der Waals surface area (Å²) in [6, 6.07) is 14.3. The average molecular weight is 297 g/mol. The number of rotatable bonds is 5. The van der Waals surface area contributed by atoms with E-state index < -0.39 is 5.97 Å². The molecule has 4 heteroatoms. The van der Waals surface area contributed by atoms with Gasteiger partial charge in [0.05, 0.1) is 5.56 Å². The zero-order valence-corrected chi connectivity index (χ0v) is 13.0. The van der Waals surface area contributed by atoms with Crippen molar-refractivity contribution < 1.29 is 14.3 Å². The summed E-state index contributed by atoms with van der Waals surface area (Å²) in [6.07, 6.45) is 0. The molecule has 0 aliphatic carbocycles. The summed E-state index contributed by atoms with van der Waals surface area (Å²) in [5.41, 5.74) is 3.00. The summed E-state index contributed by atoms with van der Waals surface area (Å²) in [7, 11) is 3.92. The van der Waals surface area contributed by atoms with Gasteiger partial charge in [-0.1, -0.05) is 24.3 Å². The fraction of sp³-hybridized carbons (Fsp3) is 0.222. The number of carbonyl (C=O) groups is 2. The number of anilines is 1. The number of carbonyl (C=O) groups excluding carboxylic acids is 2. The number of Topliss-reactive ketones (excluding diaryl/α,β-unsaturated/α-hetero) is 1. The van der Waals surface area contributed by atoms with Crippen molar-refractivity contribution >= 4 is 17.4 Å². The van der Waals surface area contributed by atoms with Crippen molar-refractivity contribution in [3.8, 4) is 0 Å². The maximum absolute atomic E-state index is 12.0. The molecule has 0 bridgehead atoms. The van der Waals surface area contributed by atoms with Crippen LogP contribution in [0.15, 0.2) is 48.5 Å². The molecule has 2 aromatic carbocycles. The minimum absolute atomic E-state index is 0.0274. The first-order valence-electron chi connectivity index (χ1n) is 7.02. The van der Waals surface area contributed by atoms with Crippen LogP contribution in [-0.2, 0) is 11.3 Å². The Kier molecular flexibility index (Phi) is 4.94. The second kappa shape index (κ2) is 6.89. The van der Waals surface area contributed by atoms with E-state index in [-0.39, 0.29) is 12.4 Å². The zero-order chi connectivity index (χ0) is 16.1. The van der Waals surface area contributed by atoms with E-state index in [0.717, 1.165) is 11.3 Å². The van der Waals surface area contributed by atoms with Crippen molar-refractivity contribution in [1.82, 2.24) is 0 Å². The maximum Gasteiger partial charge on any atom is 0.338 e. The molecule has 0 saturated carbocycles. The summed E-state index contributed by atoms with van der Waals surface area (Å²) in [6.45, 7) is 1.71. The standard InChI is InChI=1S/C18H19NO3/c1-13(20)15-7-9-16(10-8-15)18(21)22-12-14-5-4-6-17(11-14)19(2)3/h4-11H,12H2,1-3H3. The van der Waals surface area contributed by atoms with Gasteiger partial charge in [0.2, 0.25) is 0 Å². The van der Waals surface area contributed by atoms with Crippen LogP contribution in [0.2, 0.25) is 0 Å². The van der Waals surface area contributed by atoms with Crippen LogP contribution in [0.1, 0.15) is 33.2 Å². The zero-order valence-electron chi connectivity index (χ0n) is 13.0. The summed E-state index contributed by atoms with van der Waals surface area (Å²) in [5, 5.41) is 0. The van der Waals surface area contributed by atoms with E-state index in [2.05, 4.69) is 0 Å². The van der Waals surface area contributed by atoms with Gasteiger partial charge in [-0.05, 0) is 36.8 Å². The molecule has 0 radical (unpaired) electrons. The first-order chi connectivity index (χ1) is 10.5. The number of hydrogen-bond acceptors (Lipinski definition) is 4. The van der Waals surface area contributed by atoms with Gasteiger partial charge in [-0.15, -0.1) is 0 Å². The maximum atomic E-state index is 12.0. The Bertz CT molecular complexity index is 675. The van der Waals surface area contributed by atoms with Crippen LogP contribution in [0, 0.1) is 0 Å². The monoisotopic (exact) mass is 297 g/mol. The van der Waals surface area contributed by atoms with Gasteiger partial charge in [0, 0.05) is 25.3 Å². The molecule has 0 N–H and O–H groups in total. The lowest BCUT2D eigenvalue weighted by Crippen LogP contribution is -2.09. The molecule has 0 aliphatic rings. The van der Waals surface area contributed by atoms with Gasteiger partial charge in [-0.3, -0.25) is 4.79 Å². The van der Waals surface area contributed by atoms with E-state index in [1.54, 1.807) is 24.3 Å². The highest BCUT2D eigenvalue weighted by atomic mass is 16.5. The molecule has 4 nitrogen and oxygen atoms in total. The molecule has 0 heterocycles. The lowest BCUT2D eigenvalue weighted by atomic mass is 10.1. The third-order valence-corrected chi connectivity index (χ3v) is 3.32. The van der Waals surface area contributed by atoms with Gasteiger partial charge in [-0.2, -0.15) is 0 Å². The summed E-state index contributed by atoms with van der Waals surface area (Å²) < 4.78 is 5.31. The van der Waals surface area contributed by atoms with Crippen molar-refractivity contribution in [2.45, 2.75) is 13.5 Å². The predicted octanol–water partition coefficient (Wildman–Crippen LogP) is 3.31. The summed E-state index contributed by atoms with van der Waals surface area (Å²) >= 11 is 0. The SMILES string of the molecule is CC(=O)c1ccc(C(=O)OCc2cccc(N(C)C)c2)cc1. The molecular weight excluding hydrogens is 278 g/mol. The molecule has 0 spiro atoms. The van der Waals surface area contributed by atoms with Gasteiger partial charge in [0.1, 0.15) is 6.61 Å². The lowest BCUT2D eigenvalue weighted by Gasteiger charge is -2.13. The van der Waals surface area contributed by atoms with E-state index in [1.807, 2.05) is 43.3 Å². The van der Waals surface area contributed by atoms with Crippen molar-refractivity contribution in [2.75, 3.05) is 19.0 Å². The topological polar surface area (TPSA) is 46.6 Å². The number of benzene rings is 2. The van der Waals surface area contributed by atoms with E-state index in [4.69, 9.17) is 4.74 Å². The minimum atomic E-state index is -0.398. The quantitative estimate of drug-likeness (QED) is 0.627. The van der Waals surface area contributed by atoms with Crippen molar-refractivity contribution in [1.29, 1.82) is 0 Å². The Balaban J connectivity index is 2.00. The Hall–Kier alpha value is -2.62. The molecule has 0 aliphatic heterocycles. The molecule has 0 aromatic heterocycles. The number of nitrogens with zero attached hydrogens (tertiary/aromatic N) is 1. The van der Waals surface area contributed by atoms with Crippen LogP contribution in [0.4, 0.5) is 5.69 Å². The first kappa shape index (κ1) is 15.8. The van der Waals surface area contributed by atoms with E-state index >= 15 is 0 Å². The van der Waals surface area contributed by atoms with Gasteiger partial charge >= 0.3 is 5.97 Å². The van der Waals surface area contributed by atoms with E-state index in [1.165, 1.54) is 6.92 Å². The Morgan fingerprint density at radius 2 is 1.64 bits per heavy atom. The number of ether oxygens (including phenoxy) is 1. The number of hydrogen-bond donors (Lipinski definition) is 0. The molecule has 0 saturated heterocycles. The fourth-order valence-electron chi connectivity index (χ4n) is 2.00. The molecule has 2 aromatic rings. The van der Waals surface area contributed by atoms with Crippen molar-refractivity contribution in [3.63, 3.8) is 0 Å². The molecule has 0 unspecified atom stereocenters. The van der Waals surface area contributed by atoms with Crippen LogP contribution < -0.4 is 4.90 Å². The smallest absolute Gasteiger partial charge is 0.338 e. The minimum Gasteiger partial charge on any atom is -0.457 e. The largest absolute Gasteiger partial charge is 0.457 e. The molecule has 0 amide bonds. The summed E-state index contributed by atoms with van der Waals surface area (Å²) in [5.74, 6) is -0.425. The van der Waals surface area contributed by atoms with Crippen LogP contribution in [-0.4, -0.2) is 25.8 Å². The number of esters is 1. The van der Waals surface area contributed by atoms with Gasteiger partial charge in [0.25, 0.3) is 0 Å². The lowest BCUT2D eigenvalue weighted by molar-refractivity contribution is 0.0472. The second-order valence-electron chi connectivity index (χ2n) is 5.27. The third-order valence-electron chi connectivity index (χ3n) is 3.32. The fourth-order valence-corrected chi connectivity index (χ4v) is 2.00. The number of ketones is 1. The second-order valence-corrected chi connectivity index (χ2v) is 5.27. The summed E-state index contributed by atoms with van der Waals surface area (Å²) in [4.78, 5) is 25.2. The Labute approximate surface area is 130 Å². The van der Waals surface area contributed by atoms with Crippen molar-refractivity contribution in [3.05, 3.63) is 65.2 Å². The predicted molar refractivity (Wildman–Crippen MR) is 86.3 cm³/mol. The highest BCUT2D eigenvalue weighted by Crippen LogP contribution is 2.15. The van der Waals surface area contributed by atoms with E-state index in [9.17, 15) is 9.59 Å². The molecular formula is C18H19NO3. The van der Waals surface area contributed by atoms with Gasteiger partial charge < -0.3 is 9.64 Å². The normalized spacial score (nSPS) is 10.1. The van der Waals surface area contributed by atoms with Crippen LogP contribution in [0.3, 0.4) is 0 Å². The van der Waals surface area contributed by atoms with Gasteiger partial charge in [-0.25, -0.2) is 4.79 Å². The first-order valence-corrected chi connectivity index (χ1v) is 7.02. The molecule has 22 heavy (non-hydrogen) atoms. The van der Waals surface area contributed by atoms with Gasteiger partial charge in [0.15, 0.2) is 5.78 Å². The molecule has 0 fully saturated rings. The average Bonchev–Trinajstić information content (AvgIpc) is 2.53. The Morgan fingerprint density at radius 1 is 1.00 bits per heavy atom. The van der Waals surface area contributed by atoms with Crippen LogP contribution in [0.25, 0.3) is 0 Å². The third kappa shape index (κ3) is 3.95. The van der Waals surface area contributed by atoms with Crippen molar-refractivity contribution in [2.24, 2.45) is 0 Å². The van der Waals surface area contributed by atoms with Crippen LogP contribution in [0.5, 0.6) is 0 Å². The molecule has 114 valence electrons. The van der Waals surface area contributed by atoms with E-state index in [0.29, 0.717) is 11.1 Å².